The normalized spacial score (nSPS) is 10.3. The summed E-state index contributed by atoms with van der Waals surface area (Å²) in [6, 6.07) is 6.10. The highest BCUT2D eigenvalue weighted by atomic mass is 79.9. The molecule has 0 saturated carbocycles. The molecule has 2 heterocycles. The Labute approximate surface area is 97.1 Å². The first-order valence-electron chi connectivity index (χ1n) is 3.62. The van der Waals surface area contributed by atoms with Crippen molar-refractivity contribution in [1.82, 2.24) is 4.98 Å². The van der Waals surface area contributed by atoms with Gasteiger partial charge in [-0.05, 0) is 55.6 Å². The van der Waals surface area contributed by atoms with Gasteiger partial charge in [-0.25, -0.2) is 0 Å². The summed E-state index contributed by atoms with van der Waals surface area (Å²) in [5.74, 6) is 0. The van der Waals surface area contributed by atoms with Crippen molar-refractivity contribution in [3.63, 3.8) is 0 Å². The predicted octanol–water partition coefficient (Wildman–Crippen LogP) is 4.34. The van der Waals surface area contributed by atoms with E-state index in [9.17, 15) is 0 Å². The minimum atomic E-state index is 1.13. The van der Waals surface area contributed by atoms with Gasteiger partial charge in [0.15, 0.2) is 0 Å². The molecule has 0 unspecified atom stereocenters. The highest BCUT2D eigenvalue weighted by Crippen LogP contribution is 2.38. The van der Waals surface area contributed by atoms with Gasteiger partial charge in [-0.1, -0.05) is 0 Å². The molecule has 2 rings (SSSR count). The van der Waals surface area contributed by atoms with Gasteiger partial charge < -0.3 is 0 Å². The van der Waals surface area contributed by atoms with Gasteiger partial charge in [-0.3, -0.25) is 4.98 Å². The molecule has 0 aliphatic heterocycles. The zero-order valence-corrected chi connectivity index (χ0v) is 10.5. The lowest BCUT2D eigenvalue weighted by atomic mass is 10.1. The minimum absolute atomic E-state index is 1.13. The Hall–Kier alpha value is -0.190. The molecular weight excluding hydrogens is 314 g/mol. The van der Waals surface area contributed by atoms with E-state index < -0.39 is 0 Å². The van der Waals surface area contributed by atoms with E-state index in [4.69, 9.17) is 0 Å². The number of hydrogen-bond acceptors (Lipinski definition) is 2. The van der Waals surface area contributed by atoms with Crippen LogP contribution >= 0.6 is 43.2 Å². The summed E-state index contributed by atoms with van der Waals surface area (Å²) in [5.41, 5.74) is 2.39. The van der Waals surface area contributed by atoms with Crippen molar-refractivity contribution in [2.24, 2.45) is 0 Å². The van der Waals surface area contributed by atoms with Crippen LogP contribution in [0.2, 0.25) is 0 Å². The molecule has 66 valence electrons. The van der Waals surface area contributed by atoms with Crippen LogP contribution in [-0.2, 0) is 0 Å². The topological polar surface area (TPSA) is 12.9 Å². The first-order valence-corrected chi connectivity index (χ1v) is 6.03. The van der Waals surface area contributed by atoms with Crippen LogP contribution in [-0.4, -0.2) is 4.98 Å². The zero-order valence-electron chi connectivity index (χ0n) is 6.50. The van der Waals surface area contributed by atoms with Gasteiger partial charge in [0, 0.05) is 18.0 Å². The van der Waals surface area contributed by atoms with Crippen LogP contribution in [0.1, 0.15) is 0 Å². The Bertz CT molecular complexity index is 411. The average Bonchev–Trinajstić information content (AvgIpc) is 2.47. The van der Waals surface area contributed by atoms with E-state index in [2.05, 4.69) is 42.9 Å². The predicted molar refractivity (Wildman–Crippen MR) is 63.0 cm³/mol. The van der Waals surface area contributed by atoms with Gasteiger partial charge in [-0.2, -0.15) is 0 Å². The maximum absolute atomic E-state index is 3.98. The first-order chi connectivity index (χ1) is 6.27. The second kappa shape index (κ2) is 3.90. The molecule has 0 atom stereocenters. The van der Waals surface area contributed by atoms with Gasteiger partial charge >= 0.3 is 0 Å². The lowest BCUT2D eigenvalue weighted by Crippen LogP contribution is -1.74. The van der Waals surface area contributed by atoms with Crippen molar-refractivity contribution in [2.75, 3.05) is 0 Å². The quantitative estimate of drug-likeness (QED) is 0.762. The summed E-state index contributed by atoms with van der Waals surface area (Å²) >= 11 is 8.65. The monoisotopic (exact) mass is 317 g/mol. The van der Waals surface area contributed by atoms with E-state index in [1.165, 1.54) is 11.1 Å². The van der Waals surface area contributed by atoms with E-state index in [1.54, 1.807) is 23.7 Å². The molecule has 0 aromatic carbocycles. The number of aromatic nitrogens is 1. The summed E-state index contributed by atoms with van der Waals surface area (Å²) in [6.45, 7) is 0. The van der Waals surface area contributed by atoms with Crippen LogP contribution in [0.4, 0.5) is 0 Å². The van der Waals surface area contributed by atoms with E-state index in [0.29, 0.717) is 0 Å². The lowest BCUT2D eigenvalue weighted by molar-refractivity contribution is 1.33. The molecule has 0 amide bonds. The van der Waals surface area contributed by atoms with E-state index in [-0.39, 0.29) is 0 Å². The minimum Gasteiger partial charge on any atom is -0.265 e. The number of pyridine rings is 1. The third-order valence-electron chi connectivity index (χ3n) is 1.65. The van der Waals surface area contributed by atoms with Gasteiger partial charge in [0.1, 0.15) is 0 Å². The highest BCUT2D eigenvalue weighted by molar-refractivity contribution is 9.12. The van der Waals surface area contributed by atoms with E-state index in [1.807, 2.05) is 12.1 Å². The summed E-state index contributed by atoms with van der Waals surface area (Å²) in [5, 5.41) is 0. The molecule has 0 spiro atoms. The number of hydrogen-bond donors (Lipinski definition) is 0. The van der Waals surface area contributed by atoms with Crippen LogP contribution in [0.25, 0.3) is 11.1 Å². The number of halogens is 2. The van der Waals surface area contributed by atoms with Crippen molar-refractivity contribution in [3.05, 3.63) is 38.2 Å². The Morgan fingerprint density at radius 1 is 1.15 bits per heavy atom. The number of thiophene rings is 1. The van der Waals surface area contributed by atoms with Gasteiger partial charge in [0.25, 0.3) is 0 Å². The number of rotatable bonds is 1. The largest absolute Gasteiger partial charge is 0.265 e. The van der Waals surface area contributed by atoms with Crippen LogP contribution in [0, 0.1) is 0 Å². The molecule has 1 nitrogen and oxygen atoms in total. The molecule has 0 aliphatic rings. The molecule has 2 aromatic heterocycles. The molecule has 0 saturated heterocycles. The van der Waals surface area contributed by atoms with Gasteiger partial charge in [-0.15, -0.1) is 11.3 Å². The van der Waals surface area contributed by atoms with Crippen molar-refractivity contribution in [2.45, 2.75) is 0 Å². The second-order valence-electron chi connectivity index (χ2n) is 2.47. The third-order valence-corrected chi connectivity index (χ3v) is 3.99. The maximum atomic E-state index is 3.98. The SMILES string of the molecule is Brc1cc(-c2ccncc2)c(Br)s1. The Balaban J connectivity index is 2.53. The van der Waals surface area contributed by atoms with E-state index >= 15 is 0 Å². The van der Waals surface area contributed by atoms with Gasteiger partial charge in [0.2, 0.25) is 0 Å². The van der Waals surface area contributed by atoms with Crippen LogP contribution in [0.5, 0.6) is 0 Å². The van der Waals surface area contributed by atoms with Crippen LogP contribution in [0.15, 0.2) is 38.2 Å². The maximum Gasteiger partial charge on any atom is 0.0788 e. The van der Waals surface area contributed by atoms with Crippen molar-refractivity contribution in [1.29, 1.82) is 0 Å². The summed E-state index contributed by atoms with van der Waals surface area (Å²) in [6.07, 6.45) is 3.60. The standard InChI is InChI=1S/C9H5Br2NS/c10-8-5-7(9(11)13-8)6-1-3-12-4-2-6/h1-5H. The molecule has 4 heteroatoms. The average molecular weight is 319 g/mol. The van der Waals surface area contributed by atoms with Crippen molar-refractivity contribution in [3.8, 4) is 11.1 Å². The lowest BCUT2D eigenvalue weighted by Gasteiger charge is -1.96. The summed E-state index contributed by atoms with van der Waals surface area (Å²) in [4.78, 5) is 3.98. The second-order valence-corrected chi connectivity index (χ2v) is 6.22. The fraction of sp³-hybridized carbons (Fsp3) is 0. The van der Waals surface area contributed by atoms with E-state index in [0.717, 1.165) is 7.57 Å². The zero-order chi connectivity index (χ0) is 9.26. The smallest absolute Gasteiger partial charge is 0.0788 e. The molecule has 0 fully saturated rings. The fourth-order valence-corrected chi connectivity index (χ4v) is 3.94. The Morgan fingerprint density at radius 2 is 1.85 bits per heavy atom. The van der Waals surface area contributed by atoms with Crippen LogP contribution < -0.4 is 0 Å². The molecule has 2 aromatic rings. The summed E-state index contributed by atoms with van der Waals surface area (Å²) in [7, 11) is 0. The molecule has 0 aliphatic carbocycles. The molecule has 13 heavy (non-hydrogen) atoms. The highest BCUT2D eigenvalue weighted by Gasteiger charge is 2.06. The molecular formula is C9H5Br2NS. The third kappa shape index (κ3) is 2.00. The van der Waals surface area contributed by atoms with Crippen molar-refractivity contribution >= 4 is 43.2 Å². The molecule has 0 N–H and O–H groups in total. The van der Waals surface area contributed by atoms with Gasteiger partial charge in [0.05, 0.1) is 7.57 Å². The van der Waals surface area contributed by atoms with Crippen LogP contribution in [0.3, 0.4) is 0 Å². The Kier molecular flexibility index (Phi) is 2.81. The van der Waals surface area contributed by atoms with Crippen molar-refractivity contribution < 1.29 is 0 Å². The molecule has 0 bridgehead atoms. The number of nitrogens with zero attached hydrogens (tertiary/aromatic N) is 1. The summed E-state index contributed by atoms with van der Waals surface area (Å²) < 4.78 is 2.27. The Morgan fingerprint density at radius 3 is 2.38 bits per heavy atom. The first kappa shape index (κ1) is 9.37. The fourth-order valence-electron chi connectivity index (χ4n) is 1.07. The molecule has 0 radical (unpaired) electrons.